The largest absolute Gasteiger partial charge is 0.353 e. The number of aromatic nitrogens is 1. The third-order valence-electron chi connectivity index (χ3n) is 6.23. The summed E-state index contributed by atoms with van der Waals surface area (Å²) in [6.07, 6.45) is 1.82. The first-order valence-corrected chi connectivity index (χ1v) is 11.2. The Hall–Kier alpha value is -4.34. The Kier molecular flexibility index (Phi) is 7.10. The molecule has 0 aliphatic rings. The lowest BCUT2D eigenvalue weighted by Crippen LogP contribution is -2.07. The van der Waals surface area contributed by atoms with Crippen molar-refractivity contribution in [2.24, 2.45) is 0 Å². The van der Waals surface area contributed by atoms with Gasteiger partial charge in [-0.2, -0.15) is 0 Å². The van der Waals surface area contributed by atoms with Crippen LogP contribution in [0.5, 0.6) is 0 Å². The van der Waals surface area contributed by atoms with Crippen LogP contribution in [0.4, 0.5) is 65.9 Å². The Morgan fingerprint density at radius 3 is 1.14 bits per heavy atom. The molecule has 0 saturated carbocycles. The van der Waals surface area contributed by atoms with E-state index in [2.05, 4.69) is 0 Å². The van der Waals surface area contributed by atoms with Crippen molar-refractivity contribution in [1.82, 2.24) is 4.98 Å². The molecule has 43 heavy (non-hydrogen) atoms. The van der Waals surface area contributed by atoms with Gasteiger partial charge in [0.15, 0.2) is 69.8 Å². The van der Waals surface area contributed by atoms with E-state index in [4.69, 9.17) is 11.6 Å². The first kappa shape index (κ1) is 30.1. The lowest BCUT2D eigenvalue weighted by molar-refractivity contribution is 0.381. The lowest BCUT2D eigenvalue weighted by Gasteiger charge is -2.17. The quantitative estimate of drug-likeness (QED) is 0.114. The molecule has 1 radical (unpaired) electrons. The molecule has 0 aliphatic heterocycles. The van der Waals surface area contributed by atoms with Crippen LogP contribution in [-0.2, 0) is 0 Å². The minimum Gasteiger partial charge on any atom is -0.353 e. The molecular formula is C26H2ClF15N. The Morgan fingerprint density at radius 1 is 0.419 bits per heavy atom. The van der Waals surface area contributed by atoms with Crippen molar-refractivity contribution in [2.45, 2.75) is 0 Å². The van der Waals surface area contributed by atoms with E-state index in [1.807, 2.05) is 11.2 Å². The van der Waals surface area contributed by atoms with Gasteiger partial charge >= 0.3 is 0 Å². The topological polar surface area (TPSA) is 15.8 Å². The number of fused-ring (bicyclic) bond motifs is 1. The van der Waals surface area contributed by atoms with Crippen LogP contribution in [-0.4, -0.2) is 4.98 Å². The van der Waals surface area contributed by atoms with Gasteiger partial charge < -0.3 is 4.98 Å². The average molecular weight is 649 g/mol. The highest BCUT2D eigenvalue weighted by Crippen LogP contribution is 2.49. The van der Waals surface area contributed by atoms with Gasteiger partial charge in [0.2, 0.25) is 17.5 Å². The number of halogens is 16. The van der Waals surface area contributed by atoms with Gasteiger partial charge in [0, 0.05) is 27.6 Å². The van der Waals surface area contributed by atoms with Crippen molar-refractivity contribution in [3.63, 3.8) is 0 Å². The second kappa shape index (κ2) is 10.1. The standard InChI is InChI=1S/C26H2ClF15N/c27-11-3(7-12(28)18(34)24(40)19(35)13(7)29)1-5-6(9(11)10-16(32)22(38)26(42)23(39)17(10)33)4(2-43-5)8-14(30)20(36)25(41)21(37)15(8)31/h1,43H. The van der Waals surface area contributed by atoms with Crippen LogP contribution in [0.25, 0.3) is 44.3 Å². The Balaban J connectivity index is 2.07. The molecule has 5 aromatic rings. The van der Waals surface area contributed by atoms with Crippen molar-refractivity contribution in [3.05, 3.63) is 105 Å². The molecule has 1 nitrogen and oxygen atoms in total. The monoisotopic (exact) mass is 648 g/mol. The fourth-order valence-corrected chi connectivity index (χ4v) is 4.64. The normalized spacial score (nSPS) is 11.7. The van der Waals surface area contributed by atoms with Gasteiger partial charge in [-0.3, -0.25) is 0 Å². The van der Waals surface area contributed by atoms with Crippen LogP contribution in [0, 0.1) is 93.5 Å². The molecule has 0 aliphatic carbocycles. The summed E-state index contributed by atoms with van der Waals surface area (Å²) in [6.45, 7) is 0. The molecule has 0 amide bonds. The zero-order chi connectivity index (χ0) is 32.0. The Bertz CT molecular complexity index is 1960. The summed E-state index contributed by atoms with van der Waals surface area (Å²) in [7, 11) is 0. The van der Waals surface area contributed by atoms with E-state index in [0.29, 0.717) is 6.07 Å². The molecule has 0 saturated heterocycles. The van der Waals surface area contributed by atoms with Crippen LogP contribution in [0.2, 0.25) is 5.02 Å². The summed E-state index contributed by atoms with van der Waals surface area (Å²) in [5.41, 5.74) is -11.2. The summed E-state index contributed by atoms with van der Waals surface area (Å²) in [6, 6.07) is 0.331. The van der Waals surface area contributed by atoms with E-state index in [1.165, 1.54) is 0 Å². The van der Waals surface area contributed by atoms with Gasteiger partial charge in [-0.15, -0.1) is 0 Å². The molecule has 0 unspecified atom stereocenters. The maximum absolute atomic E-state index is 15.0. The minimum absolute atomic E-state index is 0.331. The first-order valence-electron chi connectivity index (χ1n) is 10.9. The highest BCUT2D eigenvalue weighted by molar-refractivity contribution is 6.38. The zero-order valence-corrected chi connectivity index (χ0v) is 20.4. The summed E-state index contributed by atoms with van der Waals surface area (Å²) < 4.78 is 214. The second-order valence-corrected chi connectivity index (χ2v) is 8.87. The van der Waals surface area contributed by atoms with Gasteiger partial charge in [0.05, 0.1) is 27.9 Å². The zero-order valence-electron chi connectivity index (χ0n) is 19.6. The Morgan fingerprint density at radius 2 is 0.744 bits per heavy atom. The number of H-pyrrole nitrogens is 1. The van der Waals surface area contributed by atoms with E-state index in [1.54, 1.807) is 0 Å². The number of aromatic amines is 1. The van der Waals surface area contributed by atoms with E-state index < -0.39 is 137 Å². The molecule has 223 valence electrons. The Labute approximate surface area is 231 Å². The summed E-state index contributed by atoms with van der Waals surface area (Å²) in [4.78, 5) is 1.93. The molecule has 1 N–H and O–H groups in total. The van der Waals surface area contributed by atoms with Crippen LogP contribution in [0.1, 0.15) is 0 Å². The predicted octanol–water partition coefficient (Wildman–Crippen LogP) is 9.71. The molecular weight excluding hydrogens is 647 g/mol. The predicted molar refractivity (Wildman–Crippen MR) is 118 cm³/mol. The number of hydrogen-bond acceptors (Lipinski definition) is 0. The van der Waals surface area contributed by atoms with Gasteiger partial charge in [0.25, 0.3) is 0 Å². The van der Waals surface area contributed by atoms with Crippen LogP contribution in [0.15, 0.2) is 6.07 Å². The summed E-state index contributed by atoms with van der Waals surface area (Å²) in [5.74, 6) is -39.5. The van der Waals surface area contributed by atoms with E-state index in [9.17, 15) is 57.1 Å². The van der Waals surface area contributed by atoms with E-state index in [-0.39, 0.29) is 0 Å². The maximum atomic E-state index is 15.0. The van der Waals surface area contributed by atoms with Crippen molar-refractivity contribution < 1.29 is 65.9 Å². The van der Waals surface area contributed by atoms with Gasteiger partial charge in [-0.05, 0) is 6.07 Å². The molecule has 17 heteroatoms. The maximum Gasteiger partial charge on any atom is 0.200 e. The molecule has 0 fully saturated rings. The number of rotatable bonds is 3. The number of hydrogen-bond donors (Lipinski definition) is 1. The fraction of sp³-hybridized carbons (Fsp3) is 0. The smallest absolute Gasteiger partial charge is 0.200 e. The van der Waals surface area contributed by atoms with E-state index >= 15 is 8.78 Å². The van der Waals surface area contributed by atoms with Crippen molar-refractivity contribution in [1.29, 1.82) is 0 Å². The van der Waals surface area contributed by atoms with Gasteiger partial charge in [-0.25, -0.2) is 65.9 Å². The highest BCUT2D eigenvalue weighted by Gasteiger charge is 2.35. The average Bonchev–Trinajstić information content (AvgIpc) is 3.39. The van der Waals surface area contributed by atoms with Crippen LogP contribution < -0.4 is 0 Å². The minimum atomic E-state index is -2.75. The molecule has 4 aromatic carbocycles. The third-order valence-corrected chi connectivity index (χ3v) is 6.63. The third kappa shape index (κ3) is 4.06. The van der Waals surface area contributed by atoms with Crippen molar-refractivity contribution in [3.8, 4) is 33.4 Å². The first-order chi connectivity index (χ1) is 20.0. The lowest BCUT2D eigenvalue weighted by atomic mass is 9.90. The molecule has 5 rings (SSSR count). The fourth-order valence-electron chi connectivity index (χ4n) is 4.30. The number of benzene rings is 4. The number of nitrogens with one attached hydrogen (secondary N) is 1. The van der Waals surface area contributed by atoms with Gasteiger partial charge in [-0.1, -0.05) is 11.6 Å². The van der Waals surface area contributed by atoms with Gasteiger partial charge in [0.1, 0.15) is 0 Å². The second-order valence-electron chi connectivity index (χ2n) is 8.50. The highest BCUT2D eigenvalue weighted by atomic mass is 35.5. The molecule has 0 spiro atoms. The van der Waals surface area contributed by atoms with Crippen LogP contribution in [0.3, 0.4) is 0 Å². The molecule has 0 atom stereocenters. The molecule has 0 bridgehead atoms. The molecule has 1 aromatic heterocycles. The van der Waals surface area contributed by atoms with Crippen LogP contribution >= 0.6 is 11.6 Å². The summed E-state index contributed by atoms with van der Waals surface area (Å²) in [5, 5.41) is -2.78. The SMILES string of the molecule is Fc1c(F)c(F)c(-c2cc3[nH][c]c(-c4c(F)c(F)c(F)c(F)c4F)c3c(-c3c(F)c(F)c(F)c(F)c3F)c2Cl)c(F)c1F. The van der Waals surface area contributed by atoms with Crippen molar-refractivity contribution in [2.75, 3.05) is 0 Å². The molecule has 1 heterocycles. The van der Waals surface area contributed by atoms with E-state index in [0.717, 1.165) is 0 Å². The van der Waals surface area contributed by atoms with Crippen molar-refractivity contribution >= 4 is 22.5 Å². The summed E-state index contributed by atoms with van der Waals surface area (Å²) >= 11 is 6.05.